The Morgan fingerprint density at radius 1 is 1.15 bits per heavy atom. The third-order valence-corrected chi connectivity index (χ3v) is 4.84. The van der Waals surface area contributed by atoms with E-state index in [1.165, 1.54) is 5.56 Å². The number of benzene rings is 1. The van der Waals surface area contributed by atoms with Crippen molar-refractivity contribution in [2.24, 2.45) is 0 Å². The number of hydrogen-bond acceptors (Lipinski definition) is 5. The minimum absolute atomic E-state index is 0.0106. The van der Waals surface area contributed by atoms with Crippen molar-refractivity contribution in [3.05, 3.63) is 77.7 Å². The summed E-state index contributed by atoms with van der Waals surface area (Å²) in [5.74, 6) is 1.47. The molecule has 6 nitrogen and oxygen atoms in total. The number of hydrogen-bond donors (Lipinski definition) is 0. The van der Waals surface area contributed by atoms with Gasteiger partial charge in [-0.3, -0.25) is 9.78 Å². The Kier molecular flexibility index (Phi) is 4.48. The van der Waals surface area contributed by atoms with Crippen LogP contribution in [0.25, 0.3) is 0 Å². The molecule has 2 aromatic heterocycles. The topological polar surface area (TPSA) is 72.1 Å². The maximum atomic E-state index is 12.8. The molecule has 0 N–H and O–H groups in total. The van der Waals surface area contributed by atoms with E-state index < -0.39 is 0 Å². The van der Waals surface area contributed by atoms with Gasteiger partial charge in [0, 0.05) is 31.4 Å². The van der Waals surface area contributed by atoms with Crippen molar-refractivity contribution >= 4 is 5.91 Å². The van der Waals surface area contributed by atoms with Gasteiger partial charge in [-0.1, -0.05) is 41.6 Å². The van der Waals surface area contributed by atoms with Crippen LogP contribution in [0.5, 0.6) is 0 Å². The highest BCUT2D eigenvalue weighted by Crippen LogP contribution is 2.39. The zero-order chi connectivity index (χ0) is 17.9. The second-order valence-corrected chi connectivity index (χ2v) is 6.64. The maximum Gasteiger partial charge on any atom is 0.232 e. The van der Waals surface area contributed by atoms with Crippen LogP contribution in [-0.2, 0) is 11.2 Å². The van der Waals surface area contributed by atoms with Gasteiger partial charge < -0.3 is 9.42 Å². The second-order valence-electron chi connectivity index (χ2n) is 6.64. The lowest BCUT2D eigenvalue weighted by molar-refractivity contribution is -0.129. The number of nitrogens with zero attached hydrogens (tertiary/aromatic N) is 4. The SMILES string of the molecule is Cc1noc(C2CN(C(=O)Cc3cccnc3)CC2c2ccccc2)n1. The van der Waals surface area contributed by atoms with E-state index in [1.807, 2.05) is 42.2 Å². The Morgan fingerprint density at radius 3 is 2.65 bits per heavy atom. The third kappa shape index (κ3) is 3.35. The molecule has 1 aromatic carbocycles. The first-order valence-electron chi connectivity index (χ1n) is 8.72. The zero-order valence-corrected chi connectivity index (χ0v) is 14.6. The fourth-order valence-corrected chi connectivity index (χ4v) is 3.55. The van der Waals surface area contributed by atoms with E-state index in [9.17, 15) is 4.79 Å². The molecule has 1 aliphatic heterocycles. The smallest absolute Gasteiger partial charge is 0.232 e. The normalized spacial score (nSPS) is 19.7. The van der Waals surface area contributed by atoms with Gasteiger partial charge in [0.2, 0.25) is 11.8 Å². The van der Waals surface area contributed by atoms with Crippen molar-refractivity contribution in [1.82, 2.24) is 20.0 Å². The number of aryl methyl sites for hydroxylation is 1. The Balaban J connectivity index is 1.57. The Hall–Kier alpha value is -3.02. The maximum absolute atomic E-state index is 12.8. The first kappa shape index (κ1) is 16.4. The summed E-state index contributed by atoms with van der Waals surface area (Å²) in [5.41, 5.74) is 2.11. The van der Waals surface area contributed by atoms with Gasteiger partial charge in [-0.05, 0) is 24.1 Å². The van der Waals surface area contributed by atoms with Gasteiger partial charge >= 0.3 is 0 Å². The molecule has 0 bridgehead atoms. The molecule has 26 heavy (non-hydrogen) atoms. The van der Waals surface area contributed by atoms with E-state index >= 15 is 0 Å². The number of carbonyl (C=O) groups excluding carboxylic acids is 1. The first-order valence-corrected chi connectivity index (χ1v) is 8.72. The van der Waals surface area contributed by atoms with E-state index in [4.69, 9.17) is 4.52 Å². The standard InChI is InChI=1S/C20H20N4O2/c1-14-22-20(26-23-14)18-13-24(12-17(18)16-7-3-2-4-8-16)19(25)10-15-6-5-9-21-11-15/h2-9,11,17-18H,10,12-13H2,1H3. The summed E-state index contributed by atoms with van der Waals surface area (Å²) in [4.78, 5) is 23.2. The van der Waals surface area contributed by atoms with Gasteiger partial charge in [-0.25, -0.2) is 0 Å². The van der Waals surface area contributed by atoms with Crippen LogP contribution < -0.4 is 0 Å². The number of aromatic nitrogens is 3. The van der Waals surface area contributed by atoms with Gasteiger partial charge in [0.25, 0.3) is 0 Å². The van der Waals surface area contributed by atoms with Gasteiger partial charge in [0.1, 0.15) is 0 Å². The predicted octanol–water partition coefficient (Wildman–Crippen LogP) is 2.73. The largest absolute Gasteiger partial charge is 0.341 e. The fraction of sp³-hybridized carbons (Fsp3) is 0.300. The van der Waals surface area contributed by atoms with Gasteiger partial charge in [0.05, 0.1) is 12.3 Å². The molecule has 132 valence electrons. The molecule has 0 radical (unpaired) electrons. The average molecular weight is 348 g/mol. The van der Waals surface area contributed by atoms with Crippen molar-refractivity contribution in [3.8, 4) is 0 Å². The van der Waals surface area contributed by atoms with Gasteiger partial charge in [0.15, 0.2) is 5.82 Å². The molecule has 1 aliphatic rings. The summed E-state index contributed by atoms with van der Waals surface area (Å²) < 4.78 is 5.44. The number of carbonyl (C=O) groups is 1. The molecule has 0 saturated carbocycles. The highest BCUT2D eigenvalue weighted by atomic mass is 16.5. The van der Waals surface area contributed by atoms with E-state index in [0.29, 0.717) is 31.2 Å². The molecule has 2 unspecified atom stereocenters. The Labute approximate surface area is 151 Å². The summed E-state index contributed by atoms with van der Waals surface area (Å²) in [6, 6.07) is 14.0. The summed E-state index contributed by atoms with van der Waals surface area (Å²) in [7, 11) is 0. The molecular formula is C20H20N4O2. The lowest BCUT2D eigenvalue weighted by Gasteiger charge is -2.16. The van der Waals surface area contributed by atoms with Crippen LogP contribution in [0.1, 0.15) is 34.7 Å². The van der Waals surface area contributed by atoms with Crippen molar-refractivity contribution < 1.29 is 9.32 Å². The molecule has 3 heterocycles. The zero-order valence-electron chi connectivity index (χ0n) is 14.6. The molecule has 2 atom stereocenters. The van der Waals surface area contributed by atoms with Gasteiger partial charge in [-0.2, -0.15) is 4.98 Å². The molecular weight excluding hydrogens is 328 g/mol. The minimum Gasteiger partial charge on any atom is -0.341 e. The predicted molar refractivity (Wildman–Crippen MR) is 95.5 cm³/mol. The number of rotatable bonds is 4. The fourth-order valence-electron chi connectivity index (χ4n) is 3.55. The van der Waals surface area contributed by atoms with Crippen LogP contribution in [0, 0.1) is 6.92 Å². The lowest BCUT2D eigenvalue weighted by atomic mass is 9.89. The van der Waals surface area contributed by atoms with Crippen LogP contribution in [0.3, 0.4) is 0 Å². The van der Waals surface area contributed by atoms with Gasteiger partial charge in [-0.15, -0.1) is 0 Å². The number of pyridine rings is 1. The number of amides is 1. The summed E-state index contributed by atoms with van der Waals surface area (Å²) >= 11 is 0. The highest BCUT2D eigenvalue weighted by molar-refractivity contribution is 5.79. The van der Waals surface area contributed by atoms with Crippen LogP contribution in [0.2, 0.25) is 0 Å². The number of likely N-dealkylation sites (tertiary alicyclic amines) is 1. The lowest BCUT2D eigenvalue weighted by Crippen LogP contribution is -2.30. The molecule has 0 aliphatic carbocycles. The van der Waals surface area contributed by atoms with E-state index in [0.717, 1.165) is 5.56 Å². The summed E-state index contributed by atoms with van der Waals surface area (Å²) in [6.45, 7) is 3.04. The van der Waals surface area contributed by atoms with E-state index in [-0.39, 0.29) is 17.7 Å². The molecule has 0 spiro atoms. The quantitative estimate of drug-likeness (QED) is 0.725. The molecule has 1 fully saturated rings. The molecule has 1 saturated heterocycles. The Morgan fingerprint density at radius 2 is 1.96 bits per heavy atom. The van der Waals surface area contributed by atoms with Crippen LogP contribution in [-0.4, -0.2) is 39.0 Å². The second kappa shape index (κ2) is 7.07. The first-order chi connectivity index (χ1) is 12.7. The van der Waals surface area contributed by atoms with Crippen molar-refractivity contribution in [3.63, 3.8) is 0 Å². The summed E-state index contributed by atoms with van der Waals surface area (Å²) in [5, 5.41) is 3.93. The molecule has 6 heteroatoms. The van der Waals surface area contributed by atoms with Crippen molar-refractivity contribution in [2.75, 3.05) is 13.1 Å². The molecule has 3 aromatic rings. The van der Waals surface area contributed by atoms with Crippen molar-refractivity contribution in [2.45, 2.75) is 25.2 Å². The monoisotopic (exact) mass is 348 g/mol. The molecule has 1 amide bonds. The van der Waals surface area contributed by atoms with Crippen molar-refractivity contribution in [1.29, 1.82) is 0 Å². The van der Waals surface area contributed by atoms with E-state index in [2.05, 4.69) is 27.3 Å². The highest BCUT2D eigenvalue weighted by Gasteiger charge is 2.40. The van der Waals surface area contributed by atoms with Crippen LogP contribution in [0.15, 0.2) is 59.4 Å². The van der Waals surface area contributed by atoms with Crippen LogP contribution in [0.4, 0.5) is 0 Å². The Bertz CT molecular complexity index is 879. The van der Waals surface area contributed by atoms with E-state index in [1.54, 1.807) is 12.4 Å². The summed E-state index contributed by atoms with van der Waals surface area (Å²) in [6.07, 6.45) is 3.80. The minimum atomic E-state index is 0.0106. The third-order valence-electron chi connectivity index (χ3n) is 4.84. The molecule has 4 rings (SSSR count). The average Bonchev–Trinajstić information content (AvgIpc) is 3.30. The van der Waals surface area contributed by atoms with Crippen LogP contribution >= 0.6 is 0 Å².